The number of unbranched alkanes of at least 4 members (excludes halogenated alkanes) is 1. The fourth-order valence-electron chi connectivity index (χ4n) is 1.77. The van der Waals surface area contributed by atoms with Gasteiger partial charge in [-0.15, -0.1) is 0 Å². The highest BCUT2D eigenvalue weighted by Crippen LogP contribution is 2.07. The van der Waals surface area contributed by atoms with E-state index in [1.54, 1.807) is 0 Å². The molecule has 0 aliphatic heterocycles. The van der Waals surface area contributed by atoms with Crippen LogP contribution >= 0.6 is 0 Å². The van der Waals surface area contributed by atoms with Gasteiger partial charge >= 0.3 is 0 Å². The Bertz CT molecular complexity index is 512. The minimum atomic E-state index is -3.46. The Labute approximate surface area is 127 Å². The summed E-state index contributed by atoms with van der Waals surface area (Å²) in [5.41, 5.74) is 5.41. The normalized spacial score (nSPS) is 12.5. The molecule has 0 aliphatic carbocycles. The van der Waals surface area contributed by atoms with E-state index in [1.807, 2.05) is 0 Å². The van der Waals surface area contributed by atoms with Crippen LogP contribution in [-0.2, 0) is 16.6 Å². The molecule has 0 aromatic carbocycles. The second-order valence-corrected chi connectivity index (χ2v) is 7.17. The lowest BCUT2D eigenvalue weighted by Gasteiger charge is -2.20. The van der Waals surface area contributed by atoms with Gasteiger partial charge in [-0.1, -0.05) is 0 Å². The van der Waals surface area contributed by atoms with Crippen molar-refractivity contribution < 1.29 is 8.42 Å². The molecule has 8 heteroatoms. The van der Waals surface area contributed by atoms with E-state index in [9.17, 15) is 8.42 Å². The molecule has 21 heavy (non-hydrogen) atoms. The fourth-order valence-corrected chi connectivity index (χ4v) is 2.80. The number of sulfonamides is 1. The van der Waals surface area contributed by atoms with Crippen molar-refractivity contribution in [1.29, 1.82) is 0 Å². The summed E-state index contributed by atoms with van der Waals surface area (Å²) >= 11 is 0. The zero-order valence-corrected chi connectivity index (χ0v) is 13.9. The first-order chi connectivity index (χ1) is 9.86. The molecule has 1 aromatic heterocycles. The van der Waals surface area contributed by atoms with Crippen LogP contribution in [0.15, 0.2) is 17.3 Å². The van der Waals surface area contributed by atoms with E-state index in [0.29, 0.717) is 25.7 Å². The maximum absolute atomic E-state index is 12.0. The summed E-state index contributed by atoms with van der Waals surface area (Å²) in [5.74, 6) is 0. The predicted molar refractivity (Wildman–Crippen MR) is 83.5 cm³/mol. The van der Waals surface area contributed by atoms with Crippen LogP contribution in [0, 0.1) is 0 Å². The lowest BCUT2D eigenvalue weighted by Crippen LogP contribution is -2.29. The highest BCUT2D eigenvalue weighted by Gasteiger charge is 2.15. The van der Waals surface area contributed by atoms with Gasteiger partial charge in [0, 0.05) is 25.3 Å². The second kappa shape index (κ2) is 8.47. The van der Waals surface area contributed by atoms with Crippen LogP contribution in [0.5, 0.6) is 0 Å². The Morgan fingerprint density at radius 1 is 1.43 bits per heavy atom. The summed E-state index contributed by atoms with van der Waals surface area (Å²) in [6.45, 7) is 6.63. The summed E-state index contributed by atoms with van der Waals surface area (Å²) in [7, 11) is -1.39. The molecule has 0 atom stereocenters. The molecule has 0 bridgehead atoms. The lowest BCUT2D eigenvalue weighted by atomic mass is 10.2. The van der Waals surface area contributed by atoms with E-state index < -0.39 is 10.0 Å². The standard InChI is InChI=1S/C13H27N5O2S/c1-12(2)17(3)8-5-4-7-16-21(19,20)13-10-15-18(11-13)9-6-14/h10-12,16H,4-9,14H2,1-3H3. The first-order valence-electron chi connectivity index (χ1n) is 7.29. The van der Waals surface area contributed by atoms with Crippen molar-refractivity contribution in [3.8, 4) is 0 Å². The van der Waals surface area contributed by atoms with Gasteiger partial charge < -0.3 is 10.6 Å². The lowest BCUT2D eigenvalue weighted by molar-refractivity contribution is 0.268. The average Bonchev–Trinajstić information content (AvgIpc) is 2.87. The third-order valence-corrected chi connectivity index (χ3v) is 4.80. The molecule has 0 spiro atoms. The van der Waals surface area contributed by atoms with Crippen LogP contribution in [0.2, 0.25) is 0 Å². The molecule has 122 valence electrons. The summed E-state index contributed by atoms with van der Waals surface area (Å²) in [5, 5.41) is 3.97. The van der Waals surface area contributed by atoms with E-state index in [0.717, 1.165) is 19.4 Å². The summed E-state index contributed by atoms with van der Waals surface area (Å²) in [6.07, 6.45) is 4.63. The molecular formula is C13H27N5O2S. The summed E-state index contributed by atoms with van der Waals surface area (Å²) in [4.78, 5) is 2.43. The number of aromatic nitrogens is 2. The smallest absolute Gasteiger partial charge is 0.243 e. The maximum Gasteiger partial charge on any atom is 0.243 e. The van der Waals surface area contributed by atoms with Gasteiger partial charge in [0.05, 0.1) is 12.7 Å². The molecule has 1 heterocycles. The van der Waals surface area contributed by atoms with Crippen molar-refractivity contribution in [2.24, 2.45) is 5.73 Å². The van der Waals surface area contributed by atoms with Gasteiger partial charge in [-0.25, -0.2) is 13.1 Å². The van der Waals surface area contributed by atoms with Crippen LogP contribution in [-0.4, -0.2) is 55.8 Å². The van der Waals surface area contributed by atoms with Crippen molar-refractivity contribution in [2.75, 3.05) is 26.7 Å². The molecule has 0 fully saturated rings. The Morgan fingerprint density at radius 2 is 2.14 bits per heavy atom. The number of hydrogen-bond donors (Lipinski definition) is 2. The van der Waals surface area contributed by atoms with E-state index >= 15 is 0 Å². The number of rotatable bonds is 10. The zero-order chi connectivity index (χ0) is 15.9. The molecule has 0 amide bonds. The van der Waals surface area contributed by atoms with Crippen molar-refractivity contribution in [2.45, 2.75) is 44.2 Å². The first kappa shape index (κ1) is 18.1. The van der Waals surface area contributed by atoms with Gasteiger partial charge in [-0.2, -0.15) is 5.10 Å². The Kier molecular flexibility index (Phi) is 7.30. The van der Waals surface area contributed by atoms with Crippen molar-refractivity contribution in [1.82, 2.24) is 19.4 Å². The number of nitrogens with zero attached hydrogens (tertiary/aromatic N) is 3. The molecule has 0 unspecified atom stereocenters. The third kappa shape index (κ3) is 6.13. The number of nitrogens with two attached hydrogens (primary N) is 1. The minimum absolute atomic E-state index is 0.190. The minimum Gasteiger partial charge on any atom is -0.329 e. The highest BCUT2D eigenvalue weighted by molar-refractivity contribution is 7.89. The van der Waals surface area contributed by atoms with Crippen LogP contribution in [0.3, 0.4) is 0 Å². The molecule has 0 aliphatic rings. The molecule has 1 aromatic rings. The number of nitrogens with one attached hydrogen (secondary N) is 1. The van der Waals surface area contributed by atoms with E-state index in [4.69, 9.17) is 5.73 Å². The SMILES string of the molecule is CC(C)N(C)CCCCNS(=O)(=O)c1cnn(CCN)c1. The quantitative estimate of drug-likeness (QED) is 0.603. The van der Waals surface area contributed by atoms with Gasteiger partial charge in [0.1, 0.15) is 4.90 Å². The van der Waals surface area contributed by atoms with Gasteiger partial charge in [-0.05, 0) is 40.3 Å². The predicted octanol–water partition coefficient (Wildman–Crippen LogP) is 0.241. The second-order valence-electron chi connectivity index (χ2n) is 5.41. The molecule has 7 nitrogen and oxygen atoms in total. The van der Waals surface area contributed by atoms with Crippen LogP contribution < -0.4 is 10.5 Å². The molecule has 1 rings (SSSR count). The Hall–Kier alpha value is -0.960. The first-order valence-corrected chi connectivity index (χ1v) is 8.77. The Morgan fingerprint density at radius 3 is 2.76 bits per heavy atom. The monoisotopic (exact) mass is 317 g/mol. The third-order valence-electron chi connectivity index (χ3n) is 3.39. The van der Waals surface area contributed by atoms with Crippen LogP contribution in [0.25, 0.3) is 0 Å². The molecule has 3 N–H and O–H groups in total. The maximum atomic E-state index is 12.0. The summed E-state index contributed by atoms with van der Waals surface area (Å²) < 4.78 is 28.2. The van der Waals surface area contributed by atoms with Crippen LogP contribution in [0.1, 0.15) is 26.7 Å². The van der Waals surface area contributed by atoms with E-state index in [1.165, 1.54) is 17.1 Å². The average molecular weight is 317 g/mol. The summed E-state index contributed by atoms with van der Waals surface area (Å²) in [6, 6.07) is 0.509. The topological polar surface area (TPSA) is 93.2 Å². The van der Waals surface area contributed by atoms with Gasteiger partial charge in [0.25, 0.3) is 0 Å². The highest BCUT2D eigenvalue weighted by atomic mass is 32.2. The molecule has 0 saturated heterocycles. The van der Waals surface area contributed by atoms with Crippen LogP contribution in [0.4, 0.5) is 0 Å². The van der Waals surface area contributed by atoms with Crippen molar-refractivity contribution >= 4 is 10.0 Å². The zero-order valence-electron chi connectivity index (χ0n) is 13.1. The largest absolute Gasteiger partial charge is 0.329 e. The van der Waals surface area contributed by atoms with Gasteiger partial charge in [0.2, 0.25) is 10.0 Å². The number of hydrogen-bond acceptors (Lipinski definition) is 5. The fraction of sp³-hybridized carbons (Fsp3) is 0.769. The molecule has 0 saturated carbocycles. The molecular weight excluding hydrogens is 290 g/mol. The van der Waals surface area contributed by atoms with E-state index in [-0.39, 0.29) is 4.90 Å². The molecule has 0 radical (unpaired) electrons. The van der Waals surface area contributed by atoms with Gasteiger partial charge in [0.15, 0.2) is 0 Å². The van der Waals surface area contributed by atoms with E-state index in [2.05, 4.69) is 35.6 Å². The Balaban J connectivity index is 2.36. The van der Waals surface area contributed by atoms with Crippen molar-refractivity contribution in [3.63, 3.8) is 0 Å². The van der Waals surface area contributed by atoms with Gasteiger partial charge in [-0.3, -0.25) is 4.68 Å². The van der Waals surface area contributed by atoms with Crippen molar-refractivity contribution in [3.05, 3.63) is 12.4 Å².